The lowest BCUT2D eigenvalue weighted by Crippen LogP contribution is -2.42. The number of nitrogens with two attached hydrogens (primary N) is 1. The van der Waals surface area contributed by atoms with Crippen LogP contribution < -0.4 is 15.4 Å². The molecule has 1 unspecified atom stereocenters. The van der Waals surface area contributed by atoms with Crippen LogP contribution in [0.2, 0.25) is 0 Å². The molecule has 1 aliphatic heterocycles. The second-order valence-electron chi connectivity index (χ2n) is 4.09. The Kier molecular flexibility index (Phi) is 4.93. The maximum atomic E-state index is 13.0. The minimum Gasteiger partial charge on any atom is -0.489 e. The number of hydrogen-bond donors (Lipinski definition) is 1. The molecule has 1 aromatic rings. The third-order valence-corrected chi connectivity index (χ3v) is 2.83. The van der Waals surface area contributed by atoms with E-state index in [4.69, 9.17) is 10.5 Å². The number of hydrogen-bond acceptors (Lipinski definition) is 3. The van der Waals surface area contributed by atoms with Crippen LogP contribution in [-0.4, -0.2) is 25.6 Å². The van der Waals surface area contributed by atoms with Crippen LogP contribution in [0.15, 0.2) is 18.2 Å². The summed E-state index contributed by atoms with van der Waals surface area (Å²) >= 11 is 0. The first-order valence-electron chi connectivity index (χ1n) is 5.57. The van der Waals surface area contributed by atoms with Gasteiger partial charge in [0.05, 0.1) is 12.2 Å². The van der Waals surface area contributed by atoms with Gasteiger partial charge in [0.2, 0.25) is 5.91 Å². The van der Waals surface area contributed by atoms with Crippen molar-refractivity contribution in [1.82, 2.24) is 0 Å². The predicted molar refractivity (Wildman–Crippen MR) is 69.7 cm³/mol. The first-order valence-corrected chi connectivity index (χ1v) is 5.57. The lowest BCUT2D eigenvalue weighted by Gasteiger charge is -2.31. The summed E-state index contributed by atoms with van der Waals surface area (Å²) in [7, 11) is 0. The molecule has 4 nitrogen and oxygen atoms in total. The van der Waals surface area contributed by atoms with Gasteiger partial charge in [0.15, 0.2) is 0 Å². The van der Waals surface area contributed by atoms with Crippen LogP contribution in [0.3, 0.4) is 0 Å². The summed E-state index contributed by atoms with van der Waals surface area (Å²) in [6.07, 6.45) is 0. The highest BCUT2D eigenvalue weighted by molar-refractivity contribution is 5.96. The fourth-order valence-corrected chi connectivity index (χ4v) is 1.79. The predicted octanol–water partition coefficient (Wildman–Crippen LogP) is 1.57. The molecule has 1 amide bonds. The van der Waals surface area contributed by atoms with Crippen LogP contribution in [0.1, 0.15) is 6.92 Å². The van der Waals surface area contributed by atoms with Gasteiger partial charge in [0.1, 0.15) is 18.2 Å². The lowest BCUT2D eigenvalue weighted by atomic mass is 10.1. The van der Waals surface area contributed by atoms with Crippen molar-refractivity contribution in [2.24, 2.45) is 11.7 Å². The van der Waals surface area contributed by atoms with Gasteiger partial charge in [-0.3, -0.25) is 4.79 Å². The summed E-state index contributed by atoms with van der Waals surface area (Å²) in [5.41, 5.74) is 6.10. The smallest absolute Gasteiger partial charge is 0.231 e. The van der Waals surface area contributed by atoms with Gasteiger partial charge in [-0.1, -0.05) is 6.92 Å². The van der Waals surface area contributed by atoms with Gasteiger partial charge in [0.25, 0.3) is 0 Å². The lowest BCUT2D eigenvalue weighted by molar-refractivity contribution is -0.121. The highest BCUT2D eigenvalue weighted by atomic mass is 35.5. The molecule has 2 N–H and O–H groups in total. The average Bonchev–Trinajstić information content (AvgIpc) is 2.35. The normalized spacial score (nSPS) is 15.2. The highest BCUT2D eigenvalue weighted by Crippen LogP contribution is 2.32. The molecule has 6 heteroatoms. The van der Waals surface area contributed by atoms with Crippen LogP contribution in [0, 0.1) is 11.7 Å². The van der Waals surface area contributed by atoms with Crippen molar-refractivity contribution in [2.75, 3.05) is 24.6 Å². The zero-order valence-electron chi connectivity index (χ0n) is 10.1. The summed E-state index contributed by atoms with van der Waals surface area (Å²) in [6, 6.07) is 4.17. The van der Waals surface area contributed by atoms with E-state index in [1.807, 2.05) is 0 Å². The fraction of sp³-hybridized carbons (Fsp3) is 0.417. The van der Waals surface area contributed by atoms with E-state index in [2.05, 4.69) is 0 Å². The van der Waals surface area contributed by atoms with Gasteiger partial charge >= 0.3 is 0 Å². The zero-order chi connectivity index (χ0) is 12.4. The van der Waals surface area contributed by atoms with E-state index < -0.39 is 0 Å². The number of carbonyl (C=O) groups is 1. The third-order valence-electron chi connectivity index (χ3n) is 2.83. The summed E-state index contributed by atoms with van der Waals surface area (Å²) < 4.78 is 18.4. The topological polar surface area (TPSA) is 55.6 Å². The van der Waals surface area contributed by atoms with E-state index >= 15 is 0 Å². The number of anilines is 1. The van der Waals surface area contributed by atoms with E-state index in [0.29, 0.717) is 31.1 Å². The van der Waals surface area contributed by atoms with Crippen molar-refractivity contribution in [3.05, 3.63) is 24.0 Å². The van der Waals surface area contributed by atoms with Crippen molar-refractivity contribution in [1.29, 1.82) is 0 Å². The van der Waals surface area contributed by atoms with Crippen LogP contribution in [0.25, 0.3) is 0 Å². The number of fused-ring (bicyclic) bond motifs is 1. The van der Waals surface area contributed by atoms with Gasteiger partial charge in [-0.25, -0.2) is 4.39 Å². The first kappa shape index (κ1) is 14.7. The van der Waals surface area contributed by atoms with Crippen molar-refractivity contribution < 1.29 is 13.9 Å². The minimum absolute atomic E-state index is 0. The van der Waals surface area contributed by atoms with Gasteiger partial charge < -0.3 is 15.4 Å². The first-order chi connectivity index (χ1) is 8.13. The highest BCUT2D eigenvalue weighted by Gasteiger charge is 2.26. The number of amides is 1. The average molecular weight is 275 g/mol. The molecule has 1 atom stereocenters. The molecule has 0 aliphatic carbocycles. The van der Waals surface area contributed by atoms with E-state index in [1.165, 1.54) is 12.1 Å². The summed E-state index contributed by atoms with van der Waals surface area (Å²) in [5, 5.41) is 0. The molecular formula is C12H16ClFN2O2. The van der Waals surface area contributed by atoms with E-state index in [-0.39, 0.29) is 30.0 Å². The molecule has 2 rings (SSSR count). The standard InChI is InChI=1S/C12H15FN2O2.ClH/c1-8(7-14)12(16)15-4-5-17-11-6-9(13)2-3-10(11)15;/h2-3,6,8H,4-5,7,14H2,1H3;1H. The number of carbonyl (C=O) groups excluding carboxylic acids is 1. The number of nitrogens with zero attached hydrogens (tertiary/aromatic N) is 1. The SMILES string of the molecule is CC(CN)C(=O)N1CCOc2cc(F)ccc21.Cl. The molecule has 1 aliphatic rings. The van der Waals surface area contributed by atoms with Gasteiger partial charge in [0, 0.05) is 18.5 Å². The molecule has 0 bridgehead atoms. The number of halogens is 2. The molecule has 0 saturated heterocycles. The second-order valence-corrected chi connectivity index (χ2v) is 4.09. The molecule has 1 aromatic carbocycles. The Bertz CT molecular complexity index is 442. The van der Waals surface area contributed by atoms with Crippen molar-refractivity contribution in [2.45, 2.75) is 6.92 Å². The third kappa shape index (κ3) is 2.73. The Hall–Kier alpha value is -1.33. The maximum Gasteiger partial charge on any atom is 0.231 e. The van der Waals surface area contributed by atoms with Crippen LogP contribution >= 0.6 is 12.4 Å². The molecule has 0 saturated carbocycles. The largest absolute Gasteiger partial charge is 0.489 e. The summed E-state index contributed by atoms with van der Waals surface area (Å²) in [4.78, 5) is 13.7. The second kappa shape index (κ2) is 6.02. The number of ether oxygens (including phenoxy) is 1. The molecule has 0 radical (unpaired) electrons. The molecule has 0 fully saturated rings. The number of rotatable bonds is 2. The van der Waals surface area contributed by atoms with Crippen molar-refractivity contribution in [3.8, 4) is 5.75 Å². The molecular weight excluding hydrogens is 259 g/mol. The monoisotopic (exact) mass is 274 g/mol. The molecule has 100 valence electrons. The van der Waals surface area contributed by atoms with Crippen LogP contribution in [0.4, 0.5) is 10.1 Å². The molecule has 0 aromatic heterocycles. The molecule has 1 heterocycles. The summed E-state index contributed by atoms with van der Waals surface area (Å²) in [5.74, 6) is -0.256. The van der Waals surface area contributed by atoms with E-state index in [0.717, 1.165) is 0 Å². The van der Waals surface area contributed by atoms with Crippen molar-refractivity contribution in [3.63, 3.8) is 0 Å². The zero-order valence-corrected chi connectivity index (χ0v) is 10.9. The van der Waals surface area contributed by atoms with E-state index in [1.54, 1.807) is 17.9 Å². The van der Waals surface area contributed by atoms with Gasteiger partial charge in [-0.05, 0) is 12.1 Å². The van der Waals surface area contributed by atoms with E-state index in [9.17, 15) is 9.18 Å². The summed E-state index contributed by atoms with van der Waals surface area (Å²) in [6.45, 7) is 2.93. The Balaban J connectivity index is 0.00000162. The maximum absolute atomic E-state index is 13.0. The fourth-order valence-electron chi connectivity index (χ4n) is 1.79. The van der Waals surface area contributed by atoms with Crippen molar-refractivity contribution >= 4 is 24.0 Å². The Morgan fingerprint density at radius 3 is 3.00 bits per heavy atom. The van der Waals surface area contributed by atoms with Crippen LogP contribution in [-0.2, 0) is 4.79 Å². The van der Waals surface area contributed by atoms with Crippen LogP contribution in [0.5, 0.6) is 5.75 Å². The Labute approximate surface area is 111 Å². The number of benzene rings is 1. The molecule has 0 spiro atoms. The van der Waals surface area contributed by atoms with Gasteiger partial charge in [-0.2, -0.15) is 0 Å². The minimum atomic E-state index is -0.370. The quantitative estimate of drug-likeness (QED) is 0.891. The Morgan fingerprint density at radius 1 is 1.61 bits per heavy atom. The molecule has 18 heavy (non-hydrogen) atoms. The Morgan fingerprint density at radius 2 is 2.33 bits per heavy atom. The van der Waals surface area contributed by atoms with Gasteiger partial charge in [-0.15, -0.1) is 12.4 Å².